The van der Waals surface area contributed by atoms with Crippen molar-refractivity contribution in [2.45, 2.75) is 44.1 Å². The summed E-state index contributed by atoms with van der Waals surface area (Å²) in [5.41, 5.74) is 6.36. The second-order valence-corrected chi connectivity index (χ2v) is 6.62. The van der Waals surface area contributed by atoms with Crippen molar-refractivity contribution in [1.29, 1.82) is 0 Å². The van der Waals surface area contributed by atoms with Crippen LogP contribution < -0.4 is 5.73 Å². The molecule has 0 amide bonds. The van der Waals surface area contributed by atoms with Crippen molar-refractivity contribution in [2.75, 3.05) is 0 Å². The predicted molar refractivity (Wildman–Crippen MR) is 90.1 cm³/mol. The summed E-state index contributed by atoms with van der Waals surface area (Å²) in [5, 5.41) is 4.06. The molecule has 0 bridgehead atoms. The first kappa shape index (κ1) is 16.0. The minimum Gasteiger partial charge on any atom is -0.461 e. The Morgan fingerprint density at radius 2 is 1.88 bits per heavy atom. The van der Waals surface area contributed by atoms with E-state index < -0.39 is 5.54 Å². The monoisotopic (exact) mass is 341 g/mol. The lowest BCUT2D eigenvalue weighted by atomic mass is 9.99. The molecule has 0 aliphatic heterocycles. The van der Waals surface area contributed by atoms with Gasteiger partial charge >= 0.3 is 0 Å². The predicted octanol–water partition coefficient (Wildman–Crippen LogP) is 3.98. The molecular weight excluding hydrogens is 321 g/mol. The van der Waals surface area contributed by atoms with Gasteiger partial charge in [0.2, 0.25) is 5.89 Å². The van der Waals surface area contributed by atoms with Gasteiger partial charge < -0.3 is 14.7 Å². The van der Waals surface area contributed by atoms with Crippen LogP contribution in [0.15, 0.2) is 45.3 Å². The maximum Gasteiger partial charge on any atom is 0.227 e. The second-order valence-electron chi connectivity index (χ2n) is 6.62. The lowest BCUT2D eigenvalue weighted by Gasteiger charge is -2.17. The Morgan fingerprint density at radius 3 is 2.68 bits per heavy atom. The molecule has 2 aromatic heterocycles. The summed E-state index contributed by atoms with van der Waals surface area (Å²) in [5.74, 6) is 2.13. The molecule has 4 rings (SSSR count). The molecule has 1 fully saturated rings. The second kappa shape index (κ2) is 6.44. The molecule has 0 saturated heterocycles. The summed E-state index contributed by atoms with van der Waals surface area (Å²) < 4.78 is 24.9. The van der Waals surface area contributed by atoms with E-state index in [1.807, 2.05) is 6.07 Å². The third kappa shape index (κ3) is 3.22. The number of nitrogens with zero attached hydrogens (tertiary/aromatic N) is 2. The average molecular weight is 341 g/mol. The van der Waals surface area contributed by atoms with E-state index in [0.717, 1.165) is 31.4 Å². The normalized spacial score (nSPS) is 16.4. The number of hydrogen-bond acceptors (Lipinski definition) is 5. The van der Waals surface area contributed by atoms with Crippen LogP contribution in [-0.4, -0.2) is 10.1 Å². The van der Waals surface area contributed by atoms with Crippen LogP contribution in [-0.2, 0) is 18.4 Å². The number of aromatic nitrogens is 2. The highest BCUT2D eigenvalue weighted by molar-refractivity contribution is 5.58. The van der Waals surface area contributed by atoms with E-state index in [4.69, 9.17) is 14.7 Å². The van der Waals surface area contributed by atoms with Crippen molar-refractivity contribution in [2.24, 2.45) is 5.73 Å². The zero-order chi connectivity index (χ0) is 17.3. The first-order valence-electron chi connectivity index (χ1n) is 8.60. The molecule has 0 radical (unpaired) electrons. The van der Waals surface area contributed by atoms with Crippen LogP contribution in [0.2, 0.25) is 0 Å². The molecular formula is C19H20FN3O2. The fourth-order valence-electron chi connectivity index (χ4n) is 3.34. The van der Waals surface area contributed by atoms with Gasteiger partial charge in [0, 0.05) is 12.8 Å². The van der Waals surface area contributed by atoms with Gasteiger partial charge in [0.05, 0.1) is 11.1 Å². The Balaban J connectivity index is 1.43. The number of nitrogens with two attached hydrogens (primary N) is 1. The van der Waals surface area contributed by atoms with Gasteiger partial charge in [-0.25, -0.2) is 4.39 Å². The van der Waals surface area contributed by atoms with E-state index in [1.54, 1.807) is 24.3 Å². The molecule has 130 valence electrons. The molecule has 0 unspecified atom stereocenters. The molecule has 6 heteroatoms. The number of aryl methyl sites for hydroxylation is 2. The Kier molecular flexibility index (Phi) is 4.13. The molecule has 1 saturated carbocycles. The molecule has 3 aromatic rings. The molecule has 1 aliphatic rings. The zero-order valence-corrected chi connectivity index (χ0v) is 13.9. The van der Waals surface area contributed by atoms with Gasteiger partial charge in [-0.1, -0.05) is 30.1 Å². The Labute approximate surface area is 145 Å². The maximum atomic E-state index is 13.8. The van der Waals surface area contributed by atoms with Gasteiger partial charge in [0.25, 0.3) is 0 Å². The van der Waals surface area contributed by atoms with E-state index >= 15 is 0 Å². The Bertz CT molecular complexity index is 865. The van der Waals surface area contributed by atoms with Crippen LogP contribution in [0.1, 0.15) is 43.2 Å². The number of halogens is 1. The van der Waals surface area contributed by atoms with Crippen molar-refractivity contribution in [1.82, 2.24) is 10.1 Å². The van der Waals surface area contributed by atoms with Crippen LogP contribution in [0.3, 0.4) is 0 Å². The number of furan rings is 1. The highest BCUT2D eigenvalue weighted by atomic mass is 19.1. The van der Waals surface area contributed by atoms with Gasteiger partial charge in [-0.15, -0.1) is 0 Å². The molecule has 0 atom stereocenters. The molecule has 0 spiro atoms. The number of hydrogen-bond donors (Lipinski definition) is 1. The van der Waals surface area contributed by atoms with Crippen LogP contribution in [0, 0.1) is 5.82 Å². The van der Waals surface area contributed by atoms with Gasteiger partial charge in [0.15, 0.2) is 5.82 Å². The third-order valence-corrected chi connectivity index (χ3v) is 4.80. The smallest absolute Gasteiger partial charge is 0.227 e. The first-order chi connectivity index (χ1) is 12.1. The molecule has 25 heavy (non-hydrogen) atoms. The van der Waals surface area contributed by atoms with Crippen LogP contribution in [0.4, 0.5) is 4.39 Å². The largest absolute Gasteiger partial charge is 0.461 e. The number of benzene rings is 1. The standard InChI is InChI=1S/C19H20FN3O2/c20-15-6-2-1-5-14(15)16-9-7-13(24-16)8-10-17-22-18(23-25-17)19(21)11-3-4-12-19/h1-2,5-7,9H,3-4,8,10-12,21H2. The minimum absolute atomic E-state index is 0.297. The van der Waals surface area contributed by atoms with Crippen molar-refractivity contribution in [3.05, 3.63) is 59.7 Å². The fraction of sp³-hybridized carbons (Fsp3) is 0.368. The first-order valence-corrected chi connectivity index (χ1v) is 8.60. The average Bonchev–Trinajstić information content (AvgIpc) is 3.34. The summed E-state index contributed by atoms with van der Waals surface area (Å²) >= 11 is 0. The summed E-state index contributed by atoms with van der Waals surface area (Å²) in [6, 6.07) is 10.2. The lowest BCUT2D eigenvalue weighted by molar-refractivity contribution is 0.346. The summed E-state index contributed by atoms with van der Waals surface area (Å²) in [7, 11) is 0. The molecule has 2 N–H and O–H groups in total. The lowest BCUT2D eigenvalue weighted by Crippen LogP contribution is -2.34. The van der Waals surface area contributed by atoms with E-state index in [0.29, 0.717) is 35.9 Å². The van der Waals surface area contributed by atoms with E-state index in [1.165, 1.54) is 6.07 Å². The summed E-state index contributed by atoms with van der Waals surface area (Å²) in [6.07, 6.45) is 5.17. The van der Waals surface area contributed by atoms with Gasteiger partial charge in [-0.05, 0) is 37.1 Å². The van der Waals surface area contributed by atoms with Crippen molar-refractivity contribution >= 4 is 0 Å². The molecule has 1 aromatic carbocycles. The third-order valence-electron chi connectivity index (χ3n) is 4.80. The van der Waals surface area contributed by atoms with Crippen molar-refractivity contribution in [3.63, 3.8) is 0 Å². The number of rotatable bonds is 5. The topological polar surface area (TPSA) is 78.1 Å². The fourth-order valence-corrected chi connectivity index (χ4v) is 3.34. The van der Waals surface area contributed by atoms with Crippen molar-refractivity contribution < 1.29 is 13.3 Å². The van der Waals surface area contributed by atoms with Crippen molar-refractivity contribution in [3.8, 4) is 11.3 Å². The van der Waals surface area contributed by atoms with E-state index in [2.05, 4.69) is 10.1 Å². The van der Waals surface area contributed by atoms with Gasteiger partial charge in [0.1, 0.15) is 17.3 Å². The maximum absolute atomic E-state index is 13.8. The van der Waals surface area contributed by atoms with Gasteiger partial charge in [-0.2, -0.15) is 4.98 Å². The Hall–Kier alpha value is -2.47. The molecule has 1 aliphatic carbocycles. The molecule has 5 nitrogen and oxygen atoms in total. The molecule has 2 heterocycles. The minimum atomic E-state index is -0.440. The van der Waals surface area contributed by atoms with E-state index in [-0.39, 0.29) is 5.82 Å². The summed E-state index contributed by atoms with van der Waals surface area (Å²) in [6.45, 7) is 0. The highest BCUT2D eigenvalue weighted by Gasteiger charge is 2.35. The highest BCUT2D eigenvalue weighted by Crippen LogP contribution is 2.34. The van der Waals surface area contributed by atoms with E-state index in [9.17, 15) is 4.39 Å². The zero-order valence-electron chi connectivity index (χ0n) is 13.9. The van der Waals surface area contributed by atoms with Crippen LogP contribution in [0.25, 0.3) is 11.3 Å². The quantitative estimate of drug-likeness (QED) is 0.759. The SMILES string of the molecule is NC1(c2noc(CCc3ccc(-c4ccccc4F)o3)n2)CCCC1. The Morgan fingerprint density at radius 1 is 1.08 bits per heavy atom. The van der Waals surface area contributed by atoms with Crippen LogP contribution >= 0.6 is 0 Å². The summed E-state index contributed by atoms with van der Waals surface area (Å²) in [4.78, 5) is 4.45. The van der Waals surface area contributed by atoms with Gasteiger partial charge in [-0.3, -0.25) is 0 Å². The van der Waals surface area contributed by atoms with Crippen LogP contribution in [0.5, 0.6) is 0 Å².